The molecule has 2 aromatic rings. The molecule has 1 saturated carbocycles. The van der Waals surface area contributed by atoms with Crippen molar-refractivity contribution in [3.8, 4) is 0 Å². The molecule has 1 aromatic heterocycles. The SMILES string of the molecule is Cc1c(C(=O)/C=C/C2CCCCC2)c(=O)n(C)c2ccccc12. The number of hydrogen-bond donors (Lipinski definition) is 0. The van der Waals surface area contributed by atoms with Gasteiger partial charge in [-0.3, -0.25) is 9.59 Å². The quantitative estimate of drug-likeness (QED) is 0.630. The third kappa shape index (κ3) is 3.00. The van der Waals surface area contributed by atoms with Crippen LogP contribution in [0.5, 0.6) is 0 Å². The third-order valence-corrected chi connectivity index (χ3v) is 4.98. The van der Waals surface area contributed by atoms with Gasteiger partial charge < -0.3 is 4.57 Å². The van der Waals surface area contributed by atoms with Crippen LogP contribution in [0.1, 0.15) is 48.0 Å². The summed E-state index contributed by atoms with van der Waals surface area (Å²) in [7, 11) is 1.73. The Labute approximate surface area is 136 Å². The molecule has 0 saturated heterocycles. The third-order valence-electron chi connectivity index (χ3n) is 4.98. The van der Waals surface area contributed by atoms with Crippen LogP contribution in [0, 0.1) is 12.8 Å². The van der Waals surface area contributed by atoms with E-state index >= 15 is 0 Å². The van der Waals surface area contributed by atoms with Crippen molar-refractivity contribution in [1.82, 2.24) is 4.57 Å². The number of fused-ring (bicyclic) bond motifs is 1. The summed E-state index contributed by atoms with van der Waals surface area (Å²) in [5, 5.41) is 0.962. The fourth-order valence-electron chi connectivity index (χ4n) is 3.58. The molecule has 23 heavy (non-hydrogen) atoms. The van der Waals surface area contributed by atoms with Crippen LogP contribution in [0.3, 0.4) is 0 Å². The van der Waals surface area contributed by atoms with Gasteiger partial charge >= 0.3 is 0 Å². The number of pyridine rings is 1. The van der Waals surface area contributed by atoms with Gasteiger partial charge in [-0.05, 0) is 43.4 Å². The number of allylic oxidation sites excluding steroid dienone is 2. The highest BCUT2D eigenvalue weighted by Gasteiger charge is 2.17. The maximum absolute atomic E-state index is 12.6. The molecular weight excluding hydrogens is 286 g/mol. The molecule has 1 aliphatic carbocycles. The van der Waals surface area contributed by atoms with Gasteiger partial charge in [-0.1, -0.05) is 43.5 Å². The van der Waals surface area contributed by atoms with Gasteiger partial charge in [0.25, 0.3) is 5.56 Å². The molecule has 1 fully saturated rings. The van der Waals surface area contributed by atoms with Gasteiger partial charge in [0.2, 0.25) is 0 Å². The van der Waals surface area contributed by atoms with E-state index in [0.717, 1.165) is 29.3 Å². The maximum Gasteiger partial charge on any atom is 0.262 e. The summed E-state index contributed by atoms with van der Waals surface area (Å²) in [4.78, 5) is 25.2. The Hall–Kier alpha value is -2.16. The molecule has 1 aromatic carbocycles. The van der Waals surface area contributed by atoms with Gasteiger partial charge in [0, 0.05) is 12.4 Å². The van der Waals surface area contributed by atoms with Gasteiger partial charge in [-0.2, -0.15) is 0 Å². The van der Waals surface area contributed by atoms with Gasteiger partial charge in [0.05, 0.1) is 11.1 Å². The summed E-state index contributed by atoms with van der Waals surface area (Å²) >= 11 is 0. The standard InChI is InChI=1S/C20H23NO2/c1-14-16-10-6-7-11-17(16)21(2)20(23)19(14)18(22)13-12-15-8-4-3-5-9-15/h6-7,10-13,15H,3-5,8-9H2,1-2H3/b13-12+. The van der Waals surface area contributed by atoms with Crippen LogP contribution in [-0.4, -0.2) is 10.4 Å². The van der Waals surface area contributed by atoms with Crippen LogP contribution in [0.2, 0.25) is 0 Å². The van der Waals surface area contributed by atoms with Crippen molar-refractivity contribution < 1.29 is 4.79 Å². The Morgan fingerprint density at radius 1 is 1.17 bits per heavy atom. The monoisotopic (exact) mass is 309 g/mol. The predicted octanol–water partition coefficient (Wildman–Crippen LogP) is 4.17. The first-order valence-electron chi connectivity index (χ1n) is 8.40. The summed E-state index contributed by atoms with van der Waals surface area (Å²) in [6, 6.07) is 7.72. The highest BCUT2D eigenvalue weighted by atomic mass is 16.1. The summed E-state index contributed by atoms with van der Waals surface area (Å²) < 4.78 is 1.57. The summed E-state index contributed by atoms with van der Waals surface area (Å²) in [5.41, 5.74) is 1.74. The minimum Gasteiger partial charge on any atom is -0.311 e. The lowest BCUT2D eigenvalue weighted by molar-refractivity contribution is 0.104. The number of carbonyl (C=O) groups is 1. The smallest absolute Gasteiger partial charge is 0.262 e. The van der Waals surface area contributed by atoms with Crippen LogP contribution < -0.4 is 5.56 Å². The topological polar surface area (TPSA) is 39.1 Å². The molecule has 0 atom stereocenters. The highest BCUT2D eigenvalue weighted by molar-refractivity contribution is 6.07. The second-order valence-corrected chi connectivity index (χ2v) is 6.50. The van der Waals surface area contributed by atoms with Crippen molar-refractivity contribution >= 4 is 16.7 Å². The molecule has 120 valence electrons. The molecule has 0 amide bonds. The molecule has 1 heterocycles. The van der Waals surface area contributed by atoms with Crippen LogP contribution in [-0.2, 0) is 7.05 Å². The number of hydrogen-bond acceptors (Lipinski definition) is 2. The van der Waals surface area contributed by atoms with Crippen LogP contribution in [0.15, 0.2) is 41.2 Å². The lowest BCUT2D eigenvalue weighted by atomic mass is 9.88. The lowest BCUT2D eigenvalue weighted by Crippen LogP contribution is -2.25. The molecular formula is C20H23NO2. The summed E-state index contributed by atoms with van der Waals surface area (Å²) in [6.45, 7) is 1.87. The van der Waals surface area contributed by atoms with Crippen molar-refractivity contribution in [3.63, 3.8) is 0 Å². The Morgan fingerprint density at radius 2 is 1.87 bits per heavy atom. The highest BCUT2D eigenvalue weighted by Crippen LogP contribution is 2.25. The minimum atomic E-state index is -0.209. The van der Waals surface area contributed by atoms with E-state index in [-0.39, 0.29) is 11.3 Å². The Kier molecular flexibility index (Phi) is 4.46. The number of aromatic nitrogens is 1. The second-order valence-electron chi connectivity index (χ2n) is 6.50. The van der Waals surface area contributed by atoms with E-state index in [1.165, 1.54) is 19.3 Å². The van der Waals surface area contributed by atoms with E-state index in [1.54, 1.807) is 17.7 Å². The number of carbonyl (C=O) groups excluding carboxylic acids is 1. The summed E-state index contributed by atoms with van der Waals surface area (Å²) in [6.07, 6.45) is 9.70. The first kappa shape index (κ1) is 15.7. The van der Waals surface area contributed by atoms with Crippen molar-refractivity contribution in [2.45, 2.75) is 39.0 Å². The van der Waals surface area contributed by atoms with Crippen LogP contribution in [0.4, 0.5) is 0 Å². The zero-order valence-electron chi connectivity index (χ0n) is 13.8. The average molecular weight is 309 g/mol. The van der Waals surface area contributed by atoms with E-state index in [9.17, 15) is 9.59 Å². The minimum absolute atomic E-state index is 0.167. The normalized spacial score (nSPS) is 16.3. The van der Waals surface area contributed by atoms with Crippen molar-refractivity contribution in [3.05, 3.63) is 57.9 Å². The fraction of sp³-hybridized carbons (Fsp3) is 0.400. The summed E-state index contributed by atoms with van der Waals surface area (Å²) in [5.74, 6) is 0.316. The molecule has 1 aliphatic rings. The Bertz CT molecular complexity index is 823. The number of para-hydroxylation sites is 1. The number of rotatable bonds is 3. The van der Waals surface area contributed by atoms with E-state index in [4.69, 9.17) is 0 Å². The van der Waals surface area contributed by atoms with E-state index in [1.807, 2.05) is 37.3 Å². The van der Waals surface area contributed by atoms with Crippen LogP contribution in [0.25, 0.3) is 10.9 Å². The molecule has 0 N–H and O–H groups in total. The number of aryl methyl sites for hydroxylation is 2. The first-order valence-corrected chi connectivity index (χ1v) is 8.40. The average Bonchev–Trinajstić information content (AvgIpc) is 2.59. The van der Waals surface area contributed by atoms with E-state index in [0.29, 0.717) is 11.5 Å². The second kappa shape index (κ2) is 6.53. The maximum atomic E-state index is 12.6. The zero-order valence-corrected chi connectivity index (χ0v) is 13.8. The lowest BCUT2D eigenvalue weighted by Gasteiger charge is -2.17. The number of ketones is 1. The van der Waals surface area contributed by atoms with Crippen LogP contribution >= 0.6 is 0 Å². The van der Waals surface area contributed by atoms with E-state index < -0.39 is 0 Å². The van der Waals surface area contributed by atoms with Gasteiger partial charge in [-0.25, -0.2) is 0 Å². The number of nitrogens with zero attached hydrogens (tertiary/aromatic N) is 1. The fourth-order valence-corrected chi connectivity index (χ4v) is 3.58. The largest absolute Gasteiger partial charge is 0.311 e. The van der Waals surface area contributed by atoms with Gasteiger partial charge in [-0.15, -0.1) is 0 Å². The van der Waals surface area contributed by atoms with Gasteiger partial charge in [0.15, 0.2) is 5.78 Å². The van der Waals surface area contributed by atoms with Crippen molar-refractivity contribution in [2.75, 3.05) is 0 Å². The van der Waals surface area contributed by atoms with Crippen molar-refractivity contribution in [1.29, 1.82) is 0 Å². The zero-order chi connectivity index (χ0) is 16.4. The molecule has 0 spiro atoms. The molecule has 3 nitrogen and oxygen atoms in total. The Morgan fingerprint density at radius 3 is 2.61 bits per heavy atom. The van der Waals surface area contributed by atoms with Crippen molar-refractivity contribution in [2.24, 2.45) is 13.0 Å². The predicted molar refractivity (Wildman–Crippen MR) is 94.0 cm³/mol. The molecule has 3 rings (SSSR count). The molecule has 0 unspecified atom stereocenters. The number of benzene rings is 1. The molecule has 0 bridgehead atoms. The molecule has 3 heteroatoms. The first-order chi connectivity index (χ1) is 11.1. The Balaban J connectivity index is 2.00. The molecule has 0 radical (unpaired) electrons. The van der Waals surface area contributed by atoms with Gasteiger partial charge in [0.1, 0.15) is 0 Å². The van der Waals surface area contributed by atoms with E-state index in [2.05, 4.69) is 0 Å². The molecule has 0 aliphatic heterocycles.